The molecule has 0 fully saturated rings. The van der Waals surface area contributed by atoms with Crippen molar-refractivity contribution >= 4 is 43.5 Å². The molecule has 0 unspecified atom stereocenters. The van der Waals surface area contributed by atoms with E-state index in [1.807, 2.05) is 0 Å². The van der Waals surface area contributed by atoms with E-state index in [2.05, 4.69) is 31.0 Å². The monoisotopic (exact) mass is 383 g/mol. The quantitative estimate of drug-likeness (QED) is 0.754. The van der Waals surface area contributed by atoms with Gasteiger partial charge in [-0.25, -0.2) is 18.1 Å². The lowest BCUT2D eigenvalue weighted by molar-refractivity contribution is -0.128. The van der Waals surface area contributed by atoms with Gasteiger partial charge in [0.25, 0.3) is 0 Å². The number of pyridine rings is 1. The fourth-order valence-corrected chi connectivity index (χ4v) is 3.52. The zero-order valence-corrected chi connectivity index (χ0v) is 14.4. The highest BCUT2D eigenvalue weighted by Gasteiger charge is 2.29. The van der Waals surface area contributed by atoms with Gasteiger partial charge in [-0.05, 0) is 35.8 Å². The van der Waals surface area contributed by atoms with Crippen molar-refractivity contribution in [1.82, 2.24) is 15.0 Å². The summed E-state index contributed by atoms with van der Waals surface area (Å²) in [4.78, 5) is 15.2. The fraction of sp³-hybridized carbons (Fsp3) is 0.455. The molecule has 9 heteroatoms. The largest absolute Gasteiger partial charge is 0.359 e. The van der Waals surface area contributed by atoms with Crippen LogP contribution >= 0.6 is 27.5 Å². The highest BCUT2D eigenvalue weighted by atomic mass is 79.9. The number of hydrogen-bond acceptors (Lipinski definition) is 4. The lowest BCUT2D eigenvalue weighted by Crippen LogP contribution is -2.43. The number of sulfonamides is 1. The third-order valence-corrected chi connectivity index (χ3v) is 4.87. The van der Waals surface area contributed by atoms with E-state index in [0.717, 1.165) is 0 Å². The Morgan fingerprint density at radius 1 is 1.50 bits per heavy atom. The van der Waals surface area contributed by atoms with Crippen molar-refractivity contribution in [1.29, 1.82) is 0 Å². The molecule has 0 atom stereocenters. The van der Waals surface area contributed by atoms with E-state index in [0.29, 0.717) is 4.47 Å². The number of hydrogen-bond donors (Lipinski definition) is 2. The van der Waals surface area contributed by atoms with Crippen LogP contribution in [0.3, 0.4) is 0 Å². The minimum Gasteiger partial charge on any atom is -0.359 e. The molecule has 1 amide bonds. The summed E-state index contributed by atoms with van der Waals surface area (Å²) in [5.74, 6) is -0.265. The summed E-state index contributed by atoms with van der Waals surface area (Å²) < 4.78 is 27.2. The first kappa shape index (κ1) is 17.4. The molecule has 0 aromatic carbocycles. The maximum absolute atomic E-state index is 12.2. The van der Waals surface area contributed by atoms with Crippen LogP contribution in [0.2, 0.25) is 5.15 Å². The number of carbonyl (C=O) groups is 1. The Labute approximate surface area is 131 Å². The van der Waals surface area contributed by atoms with Gasteiger partial charge in [-0.2, -0.15) is 0 Å². The molecule has 1 aromatic heterocycles. The first-order chi connectivity index (χ1) is 9.10. The van der Waals surface area contributed by atoms with Gasteiger partial charge in [-0.3, -0.25) is 4.79 Å². The summed E-state index contributed by atoms with van der Waals surface area (Å²) in [6.07, 6.45) is 1.40. The molecule has 1 aromatic rings. The molecule has 0 aliphatic carbocycles. The Morgan fingerprint density at radius 2 is 2.10 bits per heavy atom. The fourth-order valence-electron chi connectivity index (χ4n) is 1.36. The molecular formula is C11H15BrClN3O3S. The van der Waals surface area contributed by atoms with Crippen LogP contribution in [-0.4, -0.2) is 32.9 Å². The van der Waals surface area contributed by atoms with Gasteiger partial charge in [0.05, 0.1) is 5.41 Å². The van der Waals surface area contributed by atoms with Gasteiger partial charge in [0.1, 0.15) is 10.0 Å². The van der Waals surface area contributed by atoms with E-state index in [4.69, 9.17) is 11.6 Å². The molecule has 0 saturated heterocycles. The summed E-state index contributed by atoms with van der Waals surface area (Å²) in [5, 5.41) is 2.36. The van der Waals surface area contributed by atoms with Gasteiger partial charge >= 0.3 is 0 Å². The maximum Gasteiger partial charge on any atom is 0.243 e. The smallest absolute Gasteiger partial charge is 0.243 e. The van der Waals surface area contributed by atoms with Gasteiger partial charge in [-0.15, -0.1) is 0 Å². The second-order valence-corrected chi connectivity index (χ2v) is 7.74. The van der Waals surface area contributed by atoms with Crippen molar-refractivity contribution in [3.63, 3.8) is 0 Å². The van der Waals surface area contributed by atoms with Crippen molar-refractivity contribution in [2.24, 2.45) is 5.41 Å². The van der Waals surface area contributed by atoms with Gasteiger partial charge in [0.2, 0.25) is 15.9 Å². The molecular weight excluding hydrogens is 370 g/mol. The molecule has 1 heterocycles. The molecule has 112 valence electrons. The van der Waals surface area contributed by atoms with Crippen molar-refractivity contribution in [3.8, 4) is 0 Å². The third-order valence-electron chi connectivity index (χ3n) is 2.61. The van der Waals surface area contributed by atoms with E-state index < -0.39 is 15.4 Å². The molecule has 2 N–H and O–H groups in total. The predicted molar refractivity (Wildman–Crippen MR) is 80.0 cm³/mol. The van der Waals surface area contributed by atoms with Gasteiger partial charge in [0, 0.05) is 24.3 Å². The highest BCUT2D eigenvalue weighted by molar-refractivity contribution is 9.10. The molecule has 0 spiro atoms. The Kier molecular flexibility index (Phi) is 5.54. The Morgan fingerprint density at radius 3 is 2.65 bits per heavy atom. The van der Waals surface area contributed by atoms with E-state index in [1.54, 1.807) is 13.8 Å². The van der Waals surface area contributed by atoms with E-state index in [1.165, 1.54) is 19.3 Å². The standard InChI is InChI=1S/C11H15BrClN3O3S/c1-11(2,10(17)14-3)6-16-20(18,19)8-4-7(12)5-15-9(8)13/h4-5,16H,6H2,1-3H3,(H,14,17). The third kappa shape index (κ3) is 4.15. The van der Waals surface area contributed by atoms with Crippen LogP contribution in [0.25, 0.3) is 0 Å². The second-order valence-electron chi connectivity index (χ2n) is 4.73. The van der Waals surface area contributed by atoms with Crippen molar-refractivity contribution < 1.29 is 13.2 Å². The lowest BCUT2D eigenvalue weighted by atomic mass is 9.93. The minimum absolute atomic E-state index is 0.0577. The first-order valence-electron chi connectivity index (χ1n) is 5.63. The van der Waals surface area contributed by atoms with Crippen molar-refractivity contribution in [2.75, 3.05) is 13.6 Å². The lowest BCUT2D eigenvalue weighted by Gasteiger charge is -2.22. The Bertz CT molecular complexity index is 619. The van der Waals surface area contributed by atoms with E-state index in [-0.39, 0.29) is 22.5 Å². The number of nitrogens with zero attached hydrogens (tertiary/aromatic N) is 1. The zero-order valence-electron chi connectivity index (χ0n) is 11.2. The zero-order chi connectivity index (χ0) is 15.6. The SMILES string of the molecule is CNC(=O)C(C)(C)CNS(=O)(=O)c1cc(Br)cnc1Cl. The predicted octanol–water partition coefficient (Wildman–Crippen LogP) is 1.55. The summed E-state index contributed by atoms with van der Waals surface area (Å²) in [6.45, 7) is 3.21. The average molecular weight is 385 g/mol. The molecule has 0 aliphatic rings. The van der Waals surface area contributed by atoms with Crippen LogP contribution in [0.1, 0.15) is 13.8 Å². The summed E-state index contributed by atoms with van der Waals surface area (Å²) in [5.41, 5.74) is -0.881. The number of nitrogens with one attached hydrogen (secondary N) is 2. The normalized spacial score (nSPS) is 12.2. The van der Waals surface area contributed by atoms with Crippen LogP contribution in [0.5, 0.6) is 0 Å². The maximum atomic E-state index is 12.2. The van der Waals surface area contributed by atoms with Crippen LogP contribution < -0.4 is 10.0 Å². The number of rotatable bonds is 5. The van der Waals surface area contributed by atoms with Crippen molar-refractivity contribution in [3.05, 3.63) is 21.9 Å². The molecule has 0 aliphatic heterocycles. The van der Waals surface area contributed by atoms with Crippen LogP contribution in [0, 0.1) is 5.41 Å². The van der Waals surface area contributed by atoms with E-state index >= 15 is 0 Å². The average Bonchev–Trinajstić information content (AvgIpc) is 2.38. The van der Waals surface area contributed by atoms with Crippen LogP contribution in [0.15, 0.2) is 21.6 Å². The van der Waals surface area contributed by atoms with Gasteiger partial charge in [0.15, 0.2) is 0 Å². The number of halogens is 2. The van der Waals surface area contributed by atoms with Crippen LogP contribution in [-0.2, 0) is 14.8 Å². The van der Waals surface area contributed by atoms with Gasteiger partial charge < -0.3 is 5.32 Å². The summed E-state index contributed by atoms with van der Waals surface area (Å²) in [6, 6.07) is 1.35. The van der Waals surface area contributed by atoms with Crippen molar-refractivity contribution in [2.45, 2.75) is 18.7 Å². The summed E-state index contributed by atoms with van der Waals surface area (Å²) >= 11 is 8.93. The second kappa shape index (κ2) is 6.38. The van der Waals surface area contributed by atoms with Crippen LogP contribution in [0.4, 0.5) is 0 Å². The number of carbonyl (C=O) groups excluding carboxylic acids is 1. The summed E-state index contributed by atoms with van der Waals surface area (Å²) in [7, 11) is -2.35. The Hall–Kier alpha value is -0.700. The molecule has 0 radical (unpaired) electrons. The molecule has 0 saturated carbocycles. The molecule has 20 heavy (non-hydrogen) atoms. The minimum atomic E-state index is -3.84. The topological polar surface area (TPSA) is 88.2 Å². The molecule has 0 bridgehead atoms. The molecule has 6 nitrogen and oxygen atoms in total. The molecule has 1 rings (SSSR count). The number of aromatic nitrogens is 1. The number of amides is 1. The Balaban J connectivity index is 2.97. The first-order valence-corrected chi connectivity index (χ1v) is 8.28. The van der Waals surface area contributed by atoms with E-state index in [9.17, 15) is 13.2 Å². The highest BCUT2D eigenvalue weighted by Crippen LogP contribution is 2.23. The van der Waals surface area contributed by atoms with Gasteiger partial charge in [-0.1, -0.05) is 11.6 Å².